The lowest BCUT2D eigenvalue weighted by atomic mass is 9.83. The van der Waals surface area contributed by atoms with Crippen LogP contribution in [0.4, 0.5) is 0 Å². The van der Waals surface area contributed by atoms with Gasteiger partial charge in [0.15, 0.2) is 0 Å². The Labute approximate surface area is 98.3 Å². The Kier molecular flexibility index (Phi) is 2.51. The summed E-state index contributed by atoms with van der Waals surface area (Å²) in [6, 6.07) is 5.31. The van der Waals surface area contributed by atoms with Gasteiger partial charge in [0.1, 0.15) is 0 Å². The number of rotatable bonds is 2. The lowest BCUT2D eigenvalue weighted by molar-refractivity contribution is 0.430. The number of hydrogen-bond donors (Lipinski definition) is 1. The summed E-state index contributed by atoms with van der Waals surface area (Å²) in [4.78, 5) is 0. The van der Waals surface area contributed by atoms with E-state index < -0.39 is 0 Å². The number of aryl methyl sites for hydroxylation is 2. The van der Waals surface area contributed by atoms with Crippen molar-refractivity contribution in [2.75, 3.05) is 6.54 Å². The third-order valence-corrected chi connectivity index (χ3v) is 4.30. The summed E-state index contributed by atoms with van der Waals surface area (Å²) >= 11 is 0. The van der Waals surface area contributed by atoms with Crippen LogP contribution in [0, 0.1) is 6.92 Å². The van der Waals surface area contributed by atoms with Gasteiger partial charge in [0.25, 0.3) is 0 Å². The van der Waals surface area contributed by atoms with E-state index in [9.17, 15) is 0 Å². The highest BCUT2D eigenvalue weighted by Gasteiger charge is 2.32. The minimum Gasteiger partial charge on any atom is -0.309 e. The van der Waals surface area contributed by atoms with Crippen molar-refractivity contribution in [2.45, 2.75) is 51.5 Å². The zero-order valence-electron chi connectivity index (χ0n) is 10.3. The first kappa shape index (κ1) is 10.3. The molecule has 16 heavy (non-hydrogen) atoms. The van der Waals surface area contributed by atoms with Gasteiger partial charge in [0.2, 0.25) is 0 Å². The third-order valence-electron chi connectivity index (χ3n) is 4.30. The summed E-state index contributed by atoms with van der Waals surface area (Å²) in [6.45, 7) is 5.76. The zero-order chi connectivity index (χ0) is 11.1. The van der Waals surface area contributed by atoms with Crippen LogP contribution in [0.1, 0.15) is 60.4 Å². The lowest BCUT2D eigenvalue weighted by Gasteiger charge is -2.32. The second-order valence-electron chi connectivity index (χ2n) is 5.35. The molecule has 0 fully saturated rings. The average molecular weight is 215 g/mol. The van der Waals surface area contributed by atoms with Gasteiger partial charge in [-0.05, 0) is 54.4 Å². The second-order valence-corrected chi connectivity index (χ2v) is 5.35. The van der Waals surface area contributed by atoms with Gasteiger partial charge in [-0.1, -0.05) is 25.5 Å². The quantitative estimate of drug-likeness (QED) is 0.796. The van der Waals surface area contributed by atoms with E-state index in [2.05, 4.69) is 31.3 Å². The molecule has 86 valence electrons. The highest BCUT2D eigenvalue weighted by Crippen LogP contribution is 2.43. The van der Waals surface area contributed by atoms with Crippen molar-refractivity contribution < 1.29 is 0 Å². The molecule has 0 bridgehead atoms. The summed E-state index contributed by atoms with van der Waals surface area (Å²) in [5, 5.41) is 3.75. The maximum absolute atomic E-state index is 3.75. The Morgan fingerprint density at radius 2 is 2.19 bits per heavy atom. The Morgan fingerprint density at radius 1 is 1.31 bits per heavy atom. The Balaban J connectivity index is 2.11. The summed E-state index contributed by atoms with van der Waals surface area (Å²) < 4.78 is 0. The van der Waals surface area contributed by atoms with E-state index in [1.54, 1.807) is 16.7 Å². The van der Waals surface area contributed by atoms with Crippen LogP contribution < -0.4 is 5.32 Å². The van der Waals surface area contributed by atoms with Crippen molar-refractivity contribution >= 4 is 0 Å². The first-order valence-corrected chi connectivity index (χ1v) is 6.67. The lowest BCUT2D eigenvalue weighted by Crippen LogP contribution is -2.32. The van der Waals surface area contributed by atoms with Crippen LogP contribution >= 0.6 is 0 Å². The van der Waals surface area contributed by atoms with Crippen LogP contribution in [0.15, 0.2) is 12.1 Å². The van der Waals surface area contributed by atoms with E-state index >= 15 is 0 Å². The van der Waals surface area contributed by atoms with Crippen LogP contribution in [0.5, 0.6) is 0 Å². The van der Waals surface area contributed by atoms with Crippen molar-refractivity contribution in [3.63, 3.8) is 0 Å². The van der Waals surface area contributed by atoms with Gasteiger partial charge < -0.3 is 5.32 Å². The van der Waals surface area contributed by atoms with E-state index in [0.29, 0.717) is 6.04 Å². The summed E-state index contributed by atoms with van der Waals surface area (Å²) in [5.74, 6) is 0.804. The molecular weight excluding hydrogens is 194 g/mol. The van der Waals surface area contributed by atoms with Crippen LogP contribution in [0.3, 0.4) is 0 Å². The molecule has 3 rings (SSSR count). The highest BCUT2D eigenvalue weighted by molar-refractivity contribution is 5.49. The van der Waals surface area contributed by atoms with E-state index in [4.69, 9.17) is 0 Å². The first-order chi connectivity index (χ1) is 7.81. The Morgan fingerprint density at radius 3 is 3.00 bits per heavy atom. The van der Waals surface area contributed by atoms with Crippen LogP contribution in [-0.4, -0.2) is 6.54 Å². The van der Waals surface area contributed by atoms with Gasteiger partial charge in [-0.15, -0.1) is 0 Å². The van der Waals surface area contributed by atoms with E-state index in [1.165, 1.54) is 37.8 Å². The molecule has 0 aromatic heterocycles. The average Bonchev–Trinajstić information content (AvgIpc) is 2.70. The SMILES string of the molecule is CCCC1NCC2CCc3ccc(C)c1c32. The highest BCUT2D eigenvalue weighted by atomic mass is 14.9. The number of nitrogens with one attached hydrogen (secondary N) is 1. The Hall–Kier alpha value is -0.820. The molecule has 0 saturated heterocycles. The fourth-order valence-corrected chi connectivity index (χ4v) is 3.55. The van der Waals surface area contributed by atoms with Crippen molar-refractivity contribution in [1.82, 2.24) is 5.32 Å². The molecule has 0 amide bonds. The zero-order valence-corrected chi connectivity index (χ0v) is 10.3. The molecule has 1 aromatic carbocycles. The molecule has 1 aromatic rings. The van der Waals surface area contributed by atoms with Crippen LogP contribution in [0.2, 0.25) is 0 Å². The summed E-state index contributed by atoms with van der Waals surface area (Å²) in [5.41, 5.74) is 6.50. The van der Waals surface area contributed by atoms with Crippen molar-refractivity contribution in [3.8, 4) is 0 Å². The van der Waals surface area contributed by atoms with Gasteiger partial charge in [-0.2, -0.15) is 0 Å². The van der Waals surface area contributed by atoms with E-state index in [0.717, 1.165) is 5.92 Å². The van der Waals surface area contributed by atoms with Crippen LogP contribution in [0.25, 0.3) is 0 Å². The molecule has 0 saturated carbocycles. The molecular formula is C15H21N. The smallest absolute Gasteiger partial charge is 0.0325 e. The molecule has 1 nitrogen and oxygen atoms in total. The Bertz CT molecular complexity index is 408. The van der Waals surface area contributed by atoms with Gasteiger partial charge >= 0.3 is 0 Å². The fraction of sp³-hybridized carbons (Fsp3) is 0.600. The second kappa shape index (κ2) is 3.89. The fourth-order valence-electron chi connectivity index (χ4n) is 3.55. The molecule has 2 unspecified atom stereocenters. The molecule has 1 heteroatoms. The first-order valence-electron chi connectivity index (χ1n) is 6.67. The summed E-state index contributed by atoms with van der Waals surface area (Å²) in [6.07, 6.45) is 5.21. The van der Waals surface area contributed by atoms with Gasteiger partial charge in [0.05, 0.1) is 0 Å². The van der Waals surface area contributed by atoms with E-state index in [1.807, 2.05) is 0 Å². The maximum atomic E-state index is 3.75. The largest absolute Gasteiger partial charge is 0.309 e. The number of benzene rings is 1. The predicted molar refractivity (Wildman–Crippen MR) is 67.9 cm³/mol. The monoisotopic (exact) mass is 215 g/mol. The van der Waals surface area contributed by atoms with Gasteiger partial charge in [0, 0.05) is 12.6 Å². The molecule has 0 radical (unpaired) electrons. The van der Waals surface area contributed by atoms with E-state index in [-0.39, 0.29) is 0 Å². The molecule has 0 spiro atoms. The van der Waals surface area contributed by atoms with Gasteiger partial charge in [-0.3, -0.25) is 0 Å². The topological polar surface area (TPSA) is 12.0 Å². The molecule has 1 aliphatic heterocycles. The van der Waals surface area contributed by atoms with Crippen molar-refractivity contribution in [1.29, 1.82) is 0 Å². The molecule has 1 N–H and O–H groups in total. The van der Waals surface area contributed by atoms with Crippen LogP contribution in [-0.2, 0) is 6.42 Å². The standard InChI is InChI=1S/C15H21N/c1-3-4-13-14-10(2)5-6-11-7-8-12(9-16-13)15(11)14/h5-6,12-13,16H,3-4,7-9H2,1-2H3. The maximum Gasteiger partial charge on any atom is 0.0325 e. The van der Waals surface area contributed by atoms with Crippen molar-refractivity contribution in [3.05, 3.63) is 34.4 Å². The molecule has 2 atom stereocenters. The summed E-state index contributed by atoms with van der Waals surface area (Å²) in [7, 11) is 0. The predicted octanol–water partition coefficient (Wildman–Crippen LogP) is 3.47. The minimum absolute atomic E-state index is 0.620. The van der Waals surface area contributed by atoms with Gasteiger partial charge in [-0.25, -0.2) is 0 Å². The molecule has 1 aliphatic carbocycles. The van der Waals surface area contributed by atoms with Crippen molar-refractivity contribution in [2.24, 2.45) is 0 Å². The number of hydrogen-bond acceptors (Lipinski definition) is 1. The molecule has 1 heterocycles. The third kappa shape index (κ3) is 1.41. The normalized spacial score (nSPS) is 26.9. The minimum atomic E-state index is 0.620. The molecule has 2 aliphatic rings.